The summed E-state index contributed by atoms with van der Waals surface area (Å²) < 4.78 is 31.6. The van der Waals surface area contributed by atoms with Gasteiger partial charge in [-0.05, 0) is 17.0 Å². The Kier molecular flexibility index (Phi) is 1.81. The van der Waals surface area contributed by atoms with Crippen LogP contribution in [-0.4, -0.2) is 17.8 Å². The molecule has 7 heteroatoms. The summed E-state index contributed by atoms with van der Waals surface area (Å²) in [5.41, 5.74) is 0.597. The fourth-order valence-electron chi connectivity index (χ4n) is 1.91. The Hall–Kier alpha value is -1.99. The number of hydrogen-bond acceptors (Lipinski definition) is 4. The van der Waals surface area contributed by atoms with Gasteiger partial charge in [0.1, 0.15) is 4.90 Å². The number of fused-ring (bicyclic) bond motifs is 3. The molecule has 2 aromatic rings. The maximum atomic E-state index is 11.2. The minimum absolute atomic E-state index is 0.233. The van der Waals surface area contributed by atoms with E-state index in [4.69, 9.17) is 4.55 Å². The van der Waals surface area contributed by atoms with Crippen molar-refractivity contribution in [2.24, 2.45) is 5.11 Å². The lowest BCUT2D eigenvalue weighted by atomic mass is 10.1. The van der Waals surface area contributed by atoms with Gasteiger partial charge >= 0.3 is 0 Å². The summed E-state index contributed by atoms with van der Waals surface area (Å²) in [6.07, 6.45) is 0. The first kappa shape index (κ1) is 10.2. The zero-order valence-corrected chi connectivity index (χ0v) is 9.18. The molecule has 0 saturated heterocycles. The topological polar surface area (TPSA) is 92.8 Å². The van der Waals surface area contributed by atoms with Gasteiger partial charge in [-0.25, -0.2) is 0 Å². The van der Waals surface area contributed by atoms with Gasteiger partial charge in [-0.2, -0.15) is 8.42 Å². The van der Waals surface area contributed by atoms with Crippen LogP contribution in [0.1, 0.15) is 0 Å². The second kappa shape index (κ2) is 3.02. The molecule has 0 radical (unpaired) electrons. The lowest BCUT2D eigenvalue weighted by molar-refractivity contribution is -0.452. The number of hydrogen-bond donors (Lipinski definition) is 1. The Morgan fingerprint density at radius 3 is 2.47 bits per heavy atom. The maximum Gasteiger partial charge on any atom is 0.295 e. The monoisotopic (exact) mass is 250 g/mol. The molecule has 1 aliphatic rings. The van der Waals surface area contributed by atoms with Crippen LogP contribution in [-0.2, 0) is 10.1 Å². The summed E-state index contributed by atoms with van der Waals surface area (Å²) in [6, 6.07) is 7.66. The Morgan fingerprint density at radius 1 is 1.24 bits per heavy atom. The average molecular weight is 250 g/mol. The highest BCUT2D eigenvalue weighted by molar-refractivity contribution is 7.86. The molecule has 0 unspecified atom stereocenters. The highest BCUT2D eigenvalue weighted by Gasteiger charge is 2.31. The Balaban J connectivity index is 2.51. The lowest BCUT2D eigenvalue weighted by Crippen LogP contribution is -2.06. The highest BCUT2D eigenvalue weighted by Crippen LogP contribution is 2.44. The predicted octanol–water partition coefficient (Wildman–Crippen LogP) is 2.33. The van der Waals surface area contributed by atoms with Gasteiger partial charge in [-0.3, -0.25) is 4.55 Å². The Bertz CT molecular complexity index is 780. The van der Waals surface area contributed by atoms with Crippen molar-refractivity contribution in [3.63, 3.8) is 0 Å². The molecule has 0 spiro atoms. The lowest BCUT2D eigenvalue weighted by Gasteiger charge is -2.14. The van der Waals surface area contributed by atoms with Gasteiger partial charge < -0.3 is 5.21 Å². The smallest absolute Gasteiger partial charge is 0.295 e. The van der Waals surface area contributed by atoms with E-state index >= 15 is 0 Å². The van der Waals surface area contributed by atoms with E-state index in [0.29, 0.717) is 21.3 Å². The van der Waals surface area contributed by atoms with Gasteiger partial charge in [0, 0.05) is 10.5 Å². The summed E-state index contributed by atoms with van der Waals surface area (Å²) >= 11 is 0. The van der Waals surface area contributed by atoms with Crippen LogP contribution in [0.2, 0.25) is 0 Å². The van der Waals surface area contributed by atoms with Crippen molar-refractivity contribution in [2.45, 2.75) is 4.90 Å². The van der Waals surface area contributed by atoms with Gasteiger partial charge in [0.25, 0.3) is 15.8 Å². The molecule has 0 amide bonds. The summed E-state index contributed by atoms with van der Waals surface area (Å²) in [5, 5.41) is 15.5. The van der Waals surface area contributed by atoms with Gasteiger partial charge in [-0.15, -0.1) is 0 Å². The Morgan fingerprint density at radius 2 is 1.88 bits per heavy atom. The van der Waals surface area contributed by atoms with E-state index < -0.39 is 10.1 Å². The van der Waals surface area contributed by atoms with Crippen LogP contribution in [0.4, 0.5) is 11.4 Å². The third kappa shape index (κ3) is 1.33. The van der Waals surface area contributed by atoms with Gasteiger partial charge in [0.2, 0.25) is 5.69 Å². The van der Waals surface area contributed by atoms with Crippen molar-refractivity contribution in [1.82, 2.24) is 0 Å². The van der Waals surface area contributed by atoms with Gasteiger partial charge in [-0.1, -0.05) is 18.2 Å². The molecule has 0 aromatic heterocycles. The molecular formula is C10H6N2O4S. The van der Waals surface area contributed by atoms with Crippen molar-refractivity contribution in [2.75, 3.05) is 0 Å². The summed E-state index contributed by atoms with van der Waals surface area (Å²) in [5.74, 6) is 0. The zero-order chi connectivity index (χ0) is 12.2. The number of azo groups is 1. The van der Waals surface area contributed by atoms with E-state index in [1.165, 1.54) is 12.1 Å². The minimum atomic E-state index is -4.33. The second-order valence-corrected chi connectivity index (χ2v) is 5.03. The third-order valence-electron chi connectivity index (χ3n) is 2.63. The first-order valence-electron chi connectivity index (χ1n) is 4.70. The number of nitrogens with zero attached hydrogens (tertiary/aromatic N) is 2. The fourth-order valence-corrected chi connectivity index (χ4v) is 2.62. The van der Waals surface area contributed by atoms with Crippen LogP contribution >= 0.6 is 0 Å². The summed E-state index contributed by atoms with van der Waals surface area (Å²) in [7, 11) is -4.33. The van der Waals surface area contributed by atoms with Crippen molar-refractivity contribution < 1.29 is 17.8 Å². The maximum absolute atomic E-state index is 11.2. The van der Waals surface area contributed by atoms with Crippen molar-refractivity contribution >= 4 is 32.3 Å². The zero-order valence-electron chi connectivity index (χ0n) is 8.36. The molecular weight excluding hydrogens is 244 g/mol. The van der Waals surface area contributed by atoms with E-state index in [2.05, 4.69) is 5.11 Å². The van der Waals surface area contributed by atoms with E-state index in [1.807, 2.05) is 0 Å². The Labute approximate surface area is 96.1 Å². The molecule has 86 valence electrons. The van der Waals surface area contributed by atoms with E-state index in [-0.39, 0.29) is 10.6 Å². The summed E-state index contributed by atoms with van der Waals surface area (Å²) in [4.78, 5) is 0.203. The first-order valence-corrected chi connectivity index (χ1v) is 6.14. The quantitative estimate of drug-likeness (QED) is 0.477. The van der Waals surface area contributed by atoms with Crippen LogP contribution in [0.25, 0.3) is 10.8 Å². The minimum Gasteiger partial charge on any atom is -0.594 e. The molecule has 6 nitrogen and oxygen atoms in total. The average Bonchev–Trinajstić information content (AvgIpc) is 2.24. The van der Waals surface area contributed by atoms with Crippen molar-refractivity contribution in [1.29, 1.82) is 0 Å². The largest absolute Gasteiger partial charge is 0.594 e. The fraction of sp³-hybridized carbons (Fsp3) is 0. The van der Waals surface area contributed by atoms with Crippen LogP contribution in [0.5, 0.6) is 0 Å². The van der Waals surface area contributed by atoms with Crippen molar-refractivity contribution in [3.05, 3.63) is 35.5 Å². The molecule has 0 bridgehead atoms. The normalized spacial score (nSPS) is 14.1. The molecule has 0 saturated carbocycles. The van der Waals surface area contributed by atoms with E-state index in [9.17, 15) is 13.6 Å². The predicted molar refractivity (Wildman–Crippen MR) is 59.1 cm³/mol. The first-order chi connectivity index (χ1) is 7.98. The van der Waals surface area contributed by atoms with E-state index in [0.717, 1.165) is 0 Å². The molecule has 1 N–H and O–H groups in total. The third-order valence-corrected chi connectivity index (χ3v) is 3.52. The van der Waals surface area contributed by atoms with Crippen molar-refractivity contribution in [3.8, 4) is 0 Å². The van der Waals surface area contributed by atoms with Gasteiger partial charge in [0.05, 0.1) is 5.39 Å². The molecule has 1 heterocycles. The molecule has 0 fully saturated rings. The standard InChI is InChI=1S/C10H6N2O4S/c13-12-10-7-4-2-1-3-6(7)9(17(14,15)16)5-8(10)11-12/h1-5H,(H,14,15,16). The number of rotatable bonds is 1. The molecule has 2 aromatic carbocycles. The SMILES string of the molecule is O=S(=O)(O)c1cc2c(c3ccccc13)[N+]([O-])=N2. The van der Waals surface area contributed by atoms with Crippen LogP contribution in [0.15, 0.2) is 40.3 Å². The number of benzene rings is 2. The highest BCUT2D eigenvalue weighted by atomic mass is 32.2. The summed E-state index contributed by atoms with van der Waals surface area (Å²) in [6.45, 7) is 0. The van der Waals surface area contributed by atoms with Crippen LogP contribution in [0, 0.1) is 5.21 Å². The molecule has 1 aliphatic heterocycles. The van der Waals surface area contributed by atoms with Crippen LogP contribution in [0.3, 0.4) is 0 Å². The molecule has 0 atom stereocenters. The van der Waals surface area contributed by atoms with Gasteiger partial charge in [0.15, 0.2) is 0 Å². The molecule has 0 aliphatic carbocycles. The molecule has 17 heavy (non-hydrogen) atoms. The second-order valence-electron chi connectivity index (χ2n) is 3.64. The van der Waals surface area contributed by atoms with Crippen LogP contribution < -0.4 is 0 Å². The van der Waals surface area contributed by atoms with E-state index in [1.54, 1.807) is 18.2 Å². The molecule has 3 rings (SSSR count).